The summed E-state index contributed by atoms with van der Waals surface area (Å²) in [5.41, 5.74) is 2.85. The van der Waals surface area contributed by atoms with Crippen LogP contribution in [0, 0.1) is 6.92 Å². The highest BCUT2D eigenvalue weighted by atomic mass is 16.5. The molecule has 0 saturated heterocycles. The van der Waals surface area contributed by atoms with Crippen LogP contribution in [0.2, 0.25) is 0 Å². The number of hydrogen-bond donors (Lipinski definition) is 2. The van der Waals surface area contributed by atoms with Crippen LogP contribution in [-0.4, -0.2) is 32.0 Å². The van der Waals surface area contributed by atoms with Gasteiger partial charge in [0.15, 0.2) is 17.3 Å². The summed E-state index contributed by atoms with van der Waals surface area (Å²) >= 11 is 0. The Morgan fingerprint density at radius 2 is 1.69 bits per heavy atom. The van der Waals surface area contributed by atoms with Crippen molar-refractivity contribution < 1.29 is 19.1 Å². The van der Waals surface area contributed by atoms with E-state index in [4.69, 9.17) is 9.47 Å². The van der Waals surface area contributed by atoms with Crippen LogP contribution < -0.4 is 20.1 Å². The maximum Gasteiger partial charge on any atom is 0.246 e. The van der Waals surface area contributed by atoms with E-state index in [9.17, 15) is 9.59 Å². The highest BCUT2D eigenvalue weighted by molar-refractivity contribution is 5.99. The van der Waals surface area contributed by atoms with Gasteiger partial charge in [0.2, 0.25) is 5.91 Å². The zero-order valence-corrected chi connectivity index (χ0v) is 15.7. The molecule has 0 aliphatic rings. The van der Waals surface area contributed by atoms with Crippen molar-refractivity contribution in [2.75, 3.05) is 24.9 Å². The minimum atomic E-state index is -0.493. The first kappa shape index (κ1) is 19.3. The molecule has 1 atom stereocenters. The number of rotatable bonds is 7. The van der Waals surface area contributed by atoms with Gasteiger partial charge in [-0.3, -0.25) is 9.59 Å². The van der Waals surface area contributed by atoms with Crippen LogP contribution in [0.5, 0.6) is 11.5 Å². The first-order valence-electron chi connectivity index (χ1n) is 8.26. The predicted octanol–water partition coefficient (Wildman–Crippen LogP) is 3.65. The molecule has 138 valence electrons. The number of aryl methyl sites for hydroxylation is 1. The molecule has 2 aromatic carbocycles. The summed E-state index contributed by atoms with van der Waals surface area (Å²) in [5.74, 6) is 0.962. The van der Waals surface area contributed by atoms with Crippen LogP contribution in [-0.2, 0) is 4.79 Å². The molecular formula is C20H24N2O4. The molecule has 6 nitrogen and oxygen atoms in total. The number of ketones is 1. The number of carbonyl (C=O) groups excluding carboxylic acids is 2. The highest BCUT2D eigenvalue weighted by Crippen LogP contribution is 2.33. The van der Waals surface area contributed by atoms with Crippen molar-refractivity contribution in [1.82, 2.24) is 0 Å². The van der Waals surface area contributed by atoms with Crippen molar-refractivity contribution in [3.05, 3.63) is 47.5 Å². The average molecular weight is 356 g/mol. The predicted molar refractivity (Wildman–Crippen MR) is 102 cm³/mol. The molecular weight excluding hydrogens is 332 g/mol. The van der Waals surface area contributed by atoms with E-state index in [1.165, 1.54) is 6.92 Å². The number of benzene rings is 2. The van der Waals surface area contributed by atoms with Gasteiger partial charge in [0.05, 0.1) is 14.2 Å². The van der Waals surface area contributed by atoms with Gasteiger partial charge in [-0.25, -0.2) is 0 Å². The molecule has 6 heteroatoms. The molecule has 0 aliphatic heterocycles. The normalized spacial score (nSPS) is 11.4. The monoisotopic (exact) mass is 356 g/mol. The maximum absolute atomic E-state index is 12.5. The standard InChI is InChI=1S/C20H24N2O4/c1-12-9-18(25-4)19(26-5)11-17(12)21-13(2)20(24)22-16-8-6-7-15(10-16)14(3)23/h6-11,13,21H,1-5H3,(H,22,24)/t13-/m1/s1. The number of amides is 1. The number of anilines is 2. The minimum Gasteiger partial charge on any atom is -0.493 e. The van der Waals surface area contributed by atoms with Gasteiger partial charge in [-0.2, -0.15) is 0 Å². The summed E-state index contributed by atoms with van der Waals surface area (Å²) in [7, 11) is 3.14. The lowest BCUT2D eigenvalue weighted by Gasteiger charge is -2.19. The fourth-order valence-corrected chi connectivity index (χ4v) is 2.50. The Morgan fingerprint density at radius 1 is 1.04 bits per heavy atom. The third-order valence-electron chi connectivity index (χ3n) is 4.03. The number of nitrogens with one attached hydrogen (secondary N) is 2. The van der Waals surface area contributed by atoms with Crippen molar-refractivity contribution >= 4 is 23.1 Å². The largest absolute Gasteiger partial charge is 0.493 e. The quantitative estimate of drug-likeness (QED) is 0.741. The first-order chi connectivity index (χ1) is 12.3. The lowest BCUT2D eigenvalue weighted by molar-refractivity contribution is -0.116. The third kappa shape index (κ3) is 4.53. The molecule has 0 saturated carbocycles. The topological polar surface area (TPSA) is 76.7 Å². The molecule has 2 aromatic rings. The summed E-state index contributed by atoms with van der Waals surface area (Å²) in [6.07, 6.45) is 0. The molecule has 0 unspecified atom stereocenters. The Labute approximate surface area is 153 Å². The summed E-state index contributed by atoms with van der Waals surface area (Å²) < 4.78 is 10.6. The molecule has 26 heavy (non-hydrogen) atoms. The molecule has 1 amide bonds. The van der Waals surface area contributed by atoms with Gasteiger partial charge in [-0.05, 0) is 44.5 Å². The van der Waals surface area contributed by atoms with E-state index < -0.39 is 6.04 Å². The molecule has 0 fully saturated rings. The zero-order chi connectivity index (χ0) is 19.3. The Morgan fingerprint density at radius 3 is 2.31 bits per heavy atom. The van der Waals surface area contributed by atoms with E-state index in [0.29, 0.717) is 22.7 Å². The molecule has 2 rings (SSSR count). The van der Waals surface area contributed by atoms with Crippen molar-refractivity contribution in [3.8, 4) is 11.5 Å². The highest BCUT2D eigenvalue weighted by Gasteiger charge is 2.16. The van der Waals surface area contributed by atoms with Gasteiger partial charge in [0.25, 0.3) is 0 Å². The lowest BCUT2D eigenvalue weighted by atomic mass is 10.1. The van der Waals surface area contributed by atoms with Crippen LogP contribution in [0.3, 0.4) is 0 Å². The van der Waals surface area contributed by atoms with E-state index in [1.807, 2.05) is 13.0 Å². The van der Waals surface area contributed by atoms with Crippen molar-refractivity contribution in [2.45, 2.75) is 26.8 Å². The Kier molecular flexibility index (Phi) is 6.22. The van der Waals surface area contributed by atoms with Gasteiger partial charge in [-0.1, -0.05) is 12.1 Å². The van der Waals surface area contributed by atoms with E-state index in [1.54, 1.807) is 51.5 Å². The number of ether oxygens (including phenoxy) is 2. The van der Waals surface area contributed by atoms with Gasteiger partial charge in [-0.15, -0.1) is 0 Å². The molecule has 2 N–H and O–H groups in total. The van der Waals surface area contributed by atoms with Crippen LogP contribution in [0.25, 0.3) is 0 Å². The Balaban J connectivity index is 2.12. The SMILES string of the molecule is COc1cc(C)c(N[C@H](C)C(=O)Nc2cccc(C(C)=O)c2)cc1OC. The lowest BCUT2D eigenvalue weighted by Crippen LogP contribution is -2.32. The van der Waals surface area contributed by atoms with Gasteiger partial charge in [0.1, 0.15) is 6.04 Å². The van der Waals surface area contributed by atoms with Crippen LogP contribution >= 0.6 is 0 Å². The Bertz CT molecular complexity index is 817. The van der Waals surface area contributed by atoms with Crippen LogP contribution in [0.1, 0.15) is 29.8 Å². The van der Waals surface area contributed by atoms with Gasteiger partial charge in [0, 0.05) is 23.0 Å². The van der Waals surface area contributed by atoms with Crippen molar-refractivity contribution in [3.63, 3.8) is 0 Å². The van der Waals surface area contributed by atoms with Crippen molar-refractivity contribution in [2.24, 2.45) is 0 Å². The summed E-state index contributed by atoms with van der Waals surface area (Å²) in [6.45, 7) is 5.18. The minimum absolute atomic E-state index is 0.0479. The molecule has 0 aliphatic carbocycles. The molecule has 0 bridgehead atoms. The number of hydrogen-bond acceptors (Lipinski definition) is 5. The maximum atomic E-state index is 12.5. The first-order valence-corrected chi connectivity index (χ1v) is 8.26. The second-order valence-corrected chi connectivity index (χ2v) is 6.01. The fraction of sp³-hybridized carbons (Fsp3) is 0.300. The molecule has 0 aromatic heterocycles. The van der Waals surface area contributed by atoms with E-state index >= 15 is 0 Å². The second-order valence-electron chi connectivity index (χ2n) is 6.01. The van der Waals surface area contributed by atoms with Crippen LogP contribution in [0.4, 0.5) is 11.4 Å². The van der Waals surface area contributed by atoms with E-state index in [-0.39, 0.29) is 11.7 Å². The van der Waals surface area contributed by atoms with Gasteiger partial charge < -0.3 is 20.1 Å². The van der Waals surface area contributed by atoms with Gasteiger partial charge >= 0.3 is 0 Å². The Hall–Kier alpha value is -3.02. The van der Waals surface area contributed by atoms with E-state index in [0.717, 1.165) is 11.3 Å². The molecule has 0 spiro atoms. The average Bonchev–Trinajstić information content (AvgIpc) is 2.62. The number of Topliss-reactive ketones (excluding diaryl/α,β-unsaturated/α-hetero) is 1. The third-order valence-corrected chi connectivity index (χ3v) is 4.03. The van der Waals surface area contributed by atoms with E-state index in [2.05, 4.69) is 10.6 Å². The molecule has 0 heterocycles. The van der Waals surface area contributed by atoms with Crippen molar-refractivity contribution in [1.29, 1.82) is 0 Å². The summed E-state index contributed by atoms with van der Waals surface area (Å²) in [6, 6.07) is 10.0. The molecule has 0 radical (unpaired) electrons. The smallest absolute Gasteiger partial charge is 0.246 e. The number of methoxy groups -OCH3 is 2. The second kappa shape index (κ2) is 8.38. The number of carbonyl (C=O) groups is 2. The summed E-state index contributed by atoms with van der Waals surface area (Å²) in [5, 5.41) is 6.00. The fourth-order valence-electron chi connectivity index (χ4n) is 2.50. The zero-order valence-electron chi connectivity index (χ0n) is 15.7. The van der Waals surface area contributed by atoms with Crippen LogP contribution in [0.15, 0.2) is 36.4 Å². The summed E-state index contributed by atoms with van der Waals surface area (Å²) in [4.78, 5) is 23.9.